The van der Waals surface area contributed by atoms with Gasteiger partial charge in [-0.05, 0) is 28.8 Å². The molecule has 2 nitrogen and oxygen atoms in total. The molecule has 1 N–H and O–H groups in total. The maximum atomic E-state index is 4.59. The summed E-state index contributed by atoms with van der Waals surface area (Å²) < 4.78 is 0. The third-order valence-electron chi connectivity index (χ3n) is 3.67. The molecule has 0 spiro atoms. The summed E-state index contributed by atoms with van der Waals surface area (Å²) in [4.78, 5) is 5.91. The zero-order chi connectivity index (χ0) is 15.4. The topological polar surface area (TPSA) is 24.9 Å². The minimum atomic E-state index is 0.683. The van der Waals surface area contributed by atoms with Gasteiger partial charge in [-0.25, -0.2) is 4.98 Å². The number of fused-ring (bicyclic) bond motifs is 1. The minimum absolute atomic E-state index is 0.683. The Morgan fingerprint density at radius 1 is 1.09 bits per heavy atom. The van der Waals surface area contributed by atoms with E-state index in [-0.39, 0.29) is 0 Å². The molecule has 0 fully saturated rings. The molecule has 1 heterocycles. The lowest BCUT2D eigenvalue weighted by atomic mass is 10.0. The molecule has 0 amide bonds. The lowest BCUT2D eigenvalue weighted by Gasteiger charge is -2.05. The van der Waals surface area contributed by atoms with Crippen molar-refractivity contribution in [2.45, 2.75) is 26.8 Å². The first-order valence-corrected chi connectivity index (χ1v) is 8.65. The van der Waals surface area contributed by atoms with Crippen LogP contribution < -0.4 is 5.32 Å². The van der Waals surface area contributed by atoms with Crippen LogP contribution in [0.2, 0.25) is 0 Å². The van der Waals surface area contributed by atoms with Crippen molar-refractivity contribution >= 4 is 22.1 Å². The molecule has 0 aliphatic carbocycles. The van der Waals surface area contributed by atoms with Crippen molar-refractivity contribution in [1.29, 1.82) is 0 Å². The van der Waals surface area contributed by atoms with Gasteiger partial charge in [0.25, 0.3) is 0 Å². The van der Waals surface area contributed by atoms with Gasteiger partial charge in [-0.15, -0.1) is 11.3 Å². The third-order valence-corrected chi connectivity index (χ3v) is 4.67. The summed E-state index contributed by atoms with van der Waals surface area (Å²) in [6, 6.07) is 15.1. The molecule has 0 aliphatic rings. The fraction of sp³-hybridized carbons (Fsp3) is 0.316. The molecular weight excluding hydrogens is 288 g/mol. The van der Waals surface area contributed by atoms with Gasteiger partial charge >= 0.3 is 0 Å². The van der Waals surface area contributed by atoms with Crippen molar-refractivity contribution in [1.82, 2.24) is 10.3 Å². The van der Waals surface area contributed by atoms with Gasteiger partial charge in [0.05, 0.1) is 5.01 Å². The first-order valence-electron chi connectivity index (χ1n) is 7.83. The summed E-state index contributed by atoms with van der Waals surface area (Å²) in [5, 5.41) is 7.30. The molecule has 0 aliphatic heterocycles. The summed E-state index contributed by atoms with van der Waals surface area (Å²) in [6.07, 6.45) is 2.93. The quantitative estimate of drug-likeness (QED) is 0.718. The lowest BCUT2D eigenvalue weighted by molar-refractivity contribution is 0.554. The van der Waals surface area contributed by atoms with E-state index in [1.807, 2.05) is 17.5 Å². The number of aromatic nitrogens is 1. The Bertz CT molecular complexity index is 741. The fourth-order valence-electron chi connectivity index (χ4n) is 2.61. The highest BCUT2D eigenvalue weighted by molar-refractivity contribution is 7.11. The van der Waals surface area contributed by atoms with Crippen LogP contribution in [-0.2, 0) is 13.0 Å². The van der Waals surface area contributed by atoms with Crippen LogP contribution in [0.4, 0.5) is 0 Å². The Morgan fingerprint density at radius 2 is 1.91 bits per heavy atom. The number of benzene rings is 2. The van der Waals surface area contributed by atoms with Crippen LogP contribution in [0.1, 0.15) is 29.3 Å². The molecule has 0 unspecified atom stereocenters. The first-order chi connectivity index (χ1) is 10.7. The monoisotopic (exact) mass is 310 g/mol. The van der Waals surface area contributed by atoms with Gasteiger partial charge in [-0.2, -0.15) is 0 Å². The van der Waals surface area contributed by atoms with Gasteiger partial charge < -0.3 is 5.32 Å². The van der Waals surface area contributed by atoms with Crippen LogP contribution in [0.3, 0.4) is 0 Å². The van der Waals surface area contributed by atoms with E-state index in [9.17, 15) is 0 Å². The van der Waals surface area contributed by atoms with Crippen LogP contribution >= 0.6 is 11.3 Å². The number of hydrogen-bond acceptors (Lipinski definition) is 3. The van der Waals surface area contributed by atoms with Crippen LogP contribution in [0.15, 0.2) is 48.7 Å². The van der Waals surface area contributed by atoms with Gasteiger partial charge in [-0.1, -0.05) is 56.3 Å². The SMILES string of the molecule is CC(C)CNCc1cnc(Cc2cccc3ccccc23)s1. The fourth-order valence-corrected chi connectivity index (χ4v) is 3.52. The second-order valence-corrected chi connectivity index (χ2v) is 7.26. The molecule has 1 aromatic heterocycles. The normalized spacial score (nSPS) is 11.4. The van der Waals surface area contributed by atoms with E-state index in [0.29, 0.717) is 5.92 Å². The maximum Gasteiger partial charge on any atom is 0.0972 e. The van der Waals surface area contributed by atoms with E-state index < -0.39 is 0 Å². The highest BCUT2D eigenvalue weighted by atomic mass is 32.1. The molecule has 22 heavy (non-hydrogen) atoms. The zero-order valence-electron chi connectivity index (χ0n) is 13.2. The predicted molar refractivity (Wildman–Crippen MR) is 95.4 cm³/mol. The van der Waals surface area contributed by atoms with Crippen molar-refractivity contribution < 1.29 is 0 Å². The van der Waals surface area contributed by atoms with Crippen molar-refractivity contribution in [3.8, 4) is 0 Å². The molecule has 0 bridgehead atoms. The Hall–Kier alpha value is -1.71. The second kappa shape index (κ2) is 7.03. The standard InChI is InChI=1S/C19H22N2S/c1-14(2)11-20-12-17-13-21-19(22-17)10-16-8-5-7-15-6-3-4-9-18(15)16/h3-9,13-14,20H,10-12H2,1-2H3. The smallest absolute Gasteiger partial charge is 0.0972 e. The number of thiazole rings is 1. The third kappa shape index (κ3) is 3.73. The molecular formula is C19H22N2S. The highest BCUT2D eigenvalue weighted by Crippen LogP contribution is 2.23. The van der Waals surface area contributed by atoms with Gasteiger partial charge in [-0.3, -0.25) is 0 Å². The maximum absolute atomic E-state index is 4.59. The van der Waals surface area contributed by atoms with Gasteiger partial charge in [0.1, 0.15) is 0 Å². The zero-order valence-corrected chi connectivity index (χ0v) is 14.0. The second-order valence-electron chi connectivity index (χ2n) is 6.06. The summed E-state index contributed by atoms with van der Waals surface area (Å²) in [5.74, 6) is 0.683. The van der Waals surface area contributed by atoms with Gasteiger partial charge in [0.2, 0.25) is 0 Å². The Balaban J connectivity index is 1.71. The van der Waals surface area contributed by atoms with Crippen LogP contribution in [0.5, 0.6) is 0 Å². The number of nitrogens with zero attached hydrogens (tertiary/aromatic N) is 1. The largest absolute Gasteiger partial charge is 0.312 e. The first kappa shape index (κ1) is 15.2. The van der Waals surface area contributed by atoms with Gasteiger partial charge in [0.15, 0.2) is 0 Å². The summed E-state index contributed by atoms with van der Waals surface area (Å²) >= 11 is 1.81. The summed E-state index contributed by atoms with van der Waals surface area (Å²) in [5.41, 5.74) is 1.36. The van der Waals surface area contributed by atoms with Crippen molar-refractivity contribution in [3.63, 3.8) is 0 Å². The van der Waals surface area contributed by atoms with E-state index in [2.05, 4.69) is 66.6 Å². The molecule has 0 radical (unpaired) electrons. The predicted octanol–water partition coefficient (Wildman–Crippen LogP) is 4.63. The van der Waals surface area contributed by atoms with Crippen molar-refractivity contribution in [2.75, 3.05) is 6.54 Å². The van der Waals surface area contributed by atoms with Crippen LogP contribution in [-0.4, -0.2) is 11.5 Å². The van der Waals surface area contributed by atoms with Crippen molar-refractivity contribution in [3.05, 3.63) is 64.1 Å². The molecule has 114 valence electrons. The minimum Gasteiger partial charge on any atom is -0.312 e. The number of rotatable bonds is 6. The average Bonchev–Trinajstić information content (AvgIpc) is 2.95. The number of nitrogens with one attached hydrogen (secondary N) is 1. The number of hydrogen-bond donors (Lipinski definition) is 1. The lowest BCUT2D eigenvalue weighted by Crippen LogP contribution is -2.18. The summed E-state index contributed by atoms with van der Waals surface area (Å²) in [6.45, 7) is 6.43. The van der Waals surface area contributed by atoms with Gasteiger partial charge in [0, 0.05) is 24.0 Å². The van der Waals surface area contributed by atoms with Crippen LogP contribution in [0.25, 0.3) is 10.8 Å². The summed E-state index contributed by atoms with van der Waals surface area (Å²) in [7, 11) is 0. The molecule has 0 saturated carbocycles. The molecule has 2 aromatic carbocycles. The van der Waals surface area contributed by atoms with E-state index in [0.717, 1.165) is 19.5 Å². The Labute approximate surface area is 136 Å². The molecule has 0 atom stereocenters. The molecule has 3 aromatic rings. The Morgan fingerprint density at radius 3 is 2.77 bits per heavy atom. The van der Waals surface area contributed by atoms with Crippen molar-refractivity contribution in [2.24, 2.45) is 5.92 Å². The van der Waals surface area contributed by atoms with E-state index in [1.165, 1.54) is 26.2 Å². The van der Waals surface area contributed by atoms with E-state index >= 15 is 0 Å². The molecule has 3 heteroatoms. The highest BCUT2D eigenvalue weighted by Gasteiger charge is 2.06. The Kier molecular flexibility index (Phi) is 4.86. The molecule has 0 saturated heterocycles. The van der Waals surface area contributed by atoms with E-state index in [1.54, 1.807) is 0 Å². The van der Waals surface area contributed by atoms with E-state index in [4.69, 9.17) is 0 Å². The average molecular weight is 310 g/mol. The van der Waals surface area contributed by atoms with Crippen LogP contribution in [0, 0.1) is 5.92 Å². The molecule has 3 rings (SSSR count).